The van der Waals surface area contributed by atoms with Crippen LogP contribution < -0.4 is 0 Å². The maximum atomic E-state index is 13.8. The van der Waals surface area contributed by atoms with Crippen LogP contribution in [0.4, 0.5) is 0 Å². The van der Waals surface area contributed by atoms with Gasteiger partial charge in [0.15, 0.2) is 0 Å². The minimum absolute atomic E-state index is 0.196. The van der Waals surface area contributed by atoms with Crippen molar-refractivity contribution >= 4 is 68.6 Å². The zero-order chi connectivity index (χ0) is 31.7. The average molecular weight is 677 g/mol. The van der Waals surface area contributed by atoms with Crippen molar-refractivity contribution in [1.29, 1.82) is 0 Å². The number of phenols is 2. The largest absolute Gasteiger partial charge is 0.507 e. The molecule has 2 aliphatic rings. The SMILES string of the molecule is CN1C(=O)C2=C(c3ccc(-c4ccc(-c5ccccc5O)s4)s3)N(C)C(=O)C2=C1c1ccc(-c2ccc(-c3ccccc3O)s2)s1. The molecule has 0 saturated heterocycles. The standard InChI is InChI=1S/C36H24N2O4S4/c1-37-33(29-17-15-27(45-29)25-13-11-23(43-25)19-7-3-5-9-21(19)39)31-32(35(37)41)34(38(2)36(31)42)30-18-16-28(46-30)26-14-12-24(44-26)20-8-4-6-10-22(20)40/h3-18,39-40H,1-2H3. The van der Waals surface area contributed by atoms with Gasteiger partial charge in [0.1, 0.15) is 11.5 Å². The molecule has 0 spiro atoms. The summed E-state index contributed by atoms with van der Waals surface area (Å²) in [7, 11) is 3.46. The van der Waals surface area contributed by atoms with E-state index in [4.69, 9.17) is 0 Å². The molecule has 46 heavy (non-hydrogen) atoms. The molecule has 8 rings (SSSR count). The normalized spacial score (nSPS) is 14.7. The predicted molar refractivity (Wildman–Crippen MR) is 189 cm³/mol. The Hall–Kier alpha value is -4.74. The van der Waals surface area contributed by atoms with Crippen LogP contribution in [0.1, 0.15) is 9.75 Å². The first-order valence-electron chi connectivity index (χ1n) is 14.3. The highest BCUT2D eigenvalue weighted by Crippen LogP contribution is 2.50. The Morgan fingerprint density at radius 2 is 0.739 bits per heavy atom. The zero-order valence-corrected chi connectivity index (χ0v) is 27.7. The summed E-state index contributed by atoms with van der Waals surface area (Å²) in [5.74, 6) is 0.0904. The van der Waals surface area contributed by atoms with E-state index in [0.717, 1.165) is 50.1 Å². The summed E-state index contributed by atoms with van der Waals surface area (Å²) < 4.78 is 0. The van der Waals surface area contributed by atoms with Gasteiger partial charge in [-0.2, -0.15) is 0 Å². The Labute approximate surface area is 280 Å². The Morgan fingerprint density at radius 1 is 0.435 bits per heavy atom. The molecule has 226 valence electrons. The lowest BCUT2D eigenvalue weighted by molar-refractivity contribution is -0.123. The molecule has 2 aromatic carbocycles. The number of rotatable bonds is 6. The van der Waals surface area contributed by atoms with Crippen LogP contribution >= 0.6 is 45.3 Å². The molecular formula is C36H24N2O4S4. The fourth-order valence-electron chi connectivity index (χ4n) is 5.89. The molecule has 6 nitrogen and oxygen atoms in total. The van der Waals surface area contributed by atoms with Gasteiger partial charge in [-0.15, -0.1) is 45.3 Å². The Balaban J connectivity index is 1.15. The van der Waals surface area contributed by atoms with E-state index in [-0.39, 0.29) is 23.3 Å². The van der Waals surface area contributed by atoms with E-state index in [1.165, 1.54) is 0 Å². The lowest BCUT2D eigenvalue weighted by Gasteiger charge is -2.18. The highest BCUT2D eigenvalue weighted by atomic mass is 32.1. The monoisotopic (exact) mass is 676 g/mol. The van der Waals surface area contributed by atoms with E-state index in [0.29, 0.717) is 22.5 Å². The molecule has 0 aliphatic carbocycles. The number of nitrogens with zero attached hydrogens (tertiary/aromatic N) is 2. The number of likely N-dealkylation sites (N-methyl/N-ethyl adjacent to an activating group) is 2. The summed E-state index contributed by atoms with van der Waals surface area (Å²) in [6.07, 6.45) is 0. The Bertz CT molecular complexity index is 2120. The number of hydrogen-bond donors (Lipinski definition) is 2. The first-order valence-corrected chi connectivity index (χ1v) is 17.6. The van der Waals surface area contributed by atoms with Crippen LogP contribution in [-0.2, 0) is 9.59 Å². The van der Waals surface area contributed by atoms with Gasteiger partial charge in [-0.05, 0) is 72.8 Å². The maximum Gasteiger partial charge on any atom is 0.261 e. The molecule has 6 aromatic rings. The molecule has 0 saturated carbocycles. The number of fused-ring (bicyclic) bond motifs is 1. The van der Waals surface area contributed by atoms with E-state index in [9.17, 15) is 19.8 Å². The van der Waals surface area contributed by atoms with Crippen molar-refractivity contribution in [3.63, 3.8) is 0 Å². The van der Waals surface area contributed by atoms with Gasteiger partial charge >= 0.3 is 0 Å². The number of benzene rings is 2. The van der Waals surface area contributed by atoms with E-state index in [1.807, 2.05) is 72.8 Å². The van der Waals surface area contributed by atoms with E-state index < -0.39 is 0 Å². The Kier molecular flexibility index (Phi) is 6.84. The van der Waals surface area contributed by atoms with Gasteiger partial charge in [-0.1, -0.05) is 24.3 Å². The third-order valence-corrected chi connectivity index (χ3v) is 13.0. The number of hydrogen-bond acceptors (Lipinski definition) is 8. The zero-order valence-electron chi connectivity index (χ0n) is 24.5. The Morgan fingerprint density at radius 3 is 1.11 bits per heavy atom. The van der Waals surface area contributed by atoms with Crippen LogP contribution in [0, 0.1) is 0 Å². The van der Waals surface area contributed by atoms with E-state index >= 15 is 0 Å². The molecule has 0 unspecified atom stereocenters. The smallest absolute Gasteiger partial charge is 0.261 e. The van der Waals surface area contributed by atoms with Crippen LogP contribution in [0.15, 0.2) is 108 Å². The summed E-state index contributed by atoms with van der Waals surface area (Å²) in [6.45, 7) is 0. The quantitative estimate of drug-likeness (QED) is 0.185. The van der Waals surface area contributed by atoms with Crippen molar-refractivity contribution in [3.05, 3.63) is 118 Å². The van der Waals surface area contributed by atoms with Crippen LogP contribution in [-0.4, -0.2) is 45.9 Å². The average Bonchev–Trinajstić information content (AvgIpc) is 3.90. The fraction of sp³-hybridized carbons (Fsp3) is 0.0556. The van der Waals surface area contributed by atoms with Crippen LogP contribution in [0.2, 0.25) is 0 Å². The molecule has 2 amide bonds. The number of para-hydroxylation sites is 2. The molecule has 0 bridgehead atoms. The van der Waals surface area contributed by atoms with Crippen molar-refractivity contribution < 1.29 is 19.8 Å². The van der Waals surface area contributed by atoms with Crippen molar-refractivity contribution in [2.24, 2.45) is 0 Å². The topological polar surface area (TPSA) is 81.1 Å². The van der Waals surface area contributed by atoms with Crippen molar-refractivity contribution in [1.82, 2.24) is 9.80 Å². The van der Waals surface area contributed by atoms with Crippen LogP contribution in [0.3, 0.4) is 0 Å². The number of aromatic hydroxyl groups is 2. The maximum absolute atomic E-state index is 13.8. The summed E-state index contributed by atoms with van der Waals surface area (Å²) in [4.78, 5) is 38.5. The third-order valence-electron chi connectivity index (χ3n) is 8.15. The minimum Gasteiger partial charge on any atom is -0.507 e. The second-order valence-electron chi connectivity index (χ2n) is 10.9. The molecule has 6 heterocycles. The molecule has 0 atom stereocenters. The number of thiophene rings is 4. The van der Waals surface area contributed by atoms with Gasteiger partial charge in [0.2, 0.25) is 0 Å². The minimum atomic E-state index is -0.196. The van der Waals surface area contributed by atoms with Gasteiger partial charge in [0, 0.05) is 54.5 Å². The lowest BCUT2D eigenvalue weighted by atomic mass is 10.1. The molecular weight excluding hydrogens is 653 g/mol. The predicted octanol–water partition coefficient (Wildman–Crippen LogP) is 9.08. The third kappa shape index (κ3) is 4.48. The number of phenolic OH excluding ortho intramolecular Hbond substituents is 2. The molecule has 2 N–H and O–H groups in total. The second-order valence-corrected chi connectivity index (χ2v) is 15.2. The highest BCUT2D eigenvalue weighted by Gasteiger charge is 2.47. The fourth-order valence-corrected chi connectivity index (χ4v) is 10.3. The van der Waals surface area contributed by atoms with Gasteiger partial charge in [0.25, 0.3) is 11.8 Å². The summed E-state index contributed by atoms with van der Waals surface area (Å²) in [5.41, 5.74) is 3.70. The molecule has 0 fully saturated rings. The highest BCUT2D eigenvalue weighted by molar-refractivity contribution is 7.25. The van der Waals surface area contributed by atoms with Gasteiger partial charge in [-0.3, -0.25) is 9.59 Å². The first kappa shape index (κ1) is 28.7. The first-order chi connectivity index (χ1) is 22.3. The van der Waals surface area contributed by atoms with Crippen molar-refractivity contribution in [2.75, 3.05) is 14.1 Å². The van der Waals surface area contributed by atoms with E-state index in [1.54, 1.807) is 93.5 Å². The van der Waals surface area contributed by atoms with Crippen LogP contribution in [0.25, 0.3) is 51.8 Å². The second kappa shape index (κ2) is 11.0. The van der Waals surface area contributed by atoms with Crippen LogP contribution in [0.5, 0.6) is 11.5 Å². The molecule has 0 radical (unpaired) electrons. The summed E-state index contributed by atoms with van der Waals surface area (Å²) in [6, 6.07) is 30.6. The summed E-state index contributed by atoms with van der Waals surface area (Å²) >= 11 is 6.26. The number of carbonyl (C=O) groups excluding carboxylic acids is 2. The molecule has 10 heteroatoms. The van der Waals surface area contributed by atoms with Crippen molar-refractivity contribution in [2.45, 2.75) is 0 Å². The summed E-state index contributed by atoms with van der Waals surface area (Å²) in [5, 5.41) is 20.6. The molecule has 4 aromatic heterocycles. The van der Waals surface area contributed by atoms with Gasteiger partial charge in [0.05, 0.1) is 32.3 Å². The van der Waals surface area contributed by atoms with Gasteiger partial charge in [-0.25, -0.2) is 0 Å². The molecule has 2 aliphatic heterocycles. The van der Waals surface area contributed by atoms with E-state index in [2.05, 4.69) is 0 Å². The number of amides is 2. The van der Waals surface area contributed by atoms with Gasteiger partial charge < -0.3 is 20.0 Å². The van der Waals surface area contributed by atoms with Crippen molar-refractivity contribution in [3.8, 4) is 51.9 Å². The number of carbonyl (C=O) groups is 2. The lowest BCUT2D eigenvalue weighted by Crippen LogP contribution is -2.24.